The second-order valence-electron chi connectivity index (χ2n) is 5.36. The summed E-state index contributed by atoms with van der Waals surface area (Å²) in [6, 6.07) is 10.5. The summed E-state index contributed by atoms with van der Waals surface area (Å²) in [6.07, 6.45) is 4.81. The molecule has 2 atom stereocenters. The third-order valence-electron chi connectivity index (χ3n) is 4.01. The summed E-state index contributed by atoms with van der Waals surface area (Å²) in [7, 11) is 0. The van der Waals surface area contributed by atoms with E-state index in [0.717, 1.165) is 24.9 Å². The lowest BCUT2D eigenvalue weighted by Gasteiger charge is -2.30. The van der Waals surface area contributed by atoms with Crippen molar-refractivity contribution in [3.05, 3.63) is 35.9 Å². The summed E-state index contributed by atoms with van der Waals surface area (Å²) in [5.41, 5.74) is 1.12. The summed E-state index contributed by atoms with van der Waals surface area (Å²) in [6.45, 7) is 5.13. The average molecular weight is 245 g/mol. The number of hydrogen-bond donors (Lipinski definition) is 0. The van der Waals surface area contributed by atoms with Crippen LogP contribution in [0.25, 0.3) is 0 Å². The second-order valence-corrected chi connectivity index (χ2v) is 5.36. The van der Waals surface area contributed by atoms with Crippen LogP contribution in [0.15, 0.2) is 30.3 Å². The summed E-state index contributed by atoms with van der Waals surface area (Å²) in [5, 5.41) is 0. The molecule has 1 fully saturated rings. The summed E-state index contributed by atoms with van der Waals surface area (Å²) in [5.74, 6) is 0.266. The molecule has 1 aromatic carbocycles. The van der Waals surface area contributed by atoms with Crippen LogP contribution in [0.4, 0.5) is 0 Å². The van der Waals surface area contributed by atoms with Gasteiger partial charge in [-0.3, -0.25) is 4.79 Å². The first kappa shape index (κ1) is 13.1. The topological polar surface area (TPSA) is 20.3 Å². The smallest absolute Gasteiger partial charge is 0.230 e. The fraction of sp³-hybridized carbons (Fsp3) is 0.562. The van der Waals surface area contributed by atoms with Gasteiger partial charge in [-0.15, -0.1) is 0 Å². The van der Waals surface area contributed by atoms with Crippen LogP contribution in [0.2, 0.25) is 0 Å². The maximum Gasteiger partial charge on any atom is 0.230 e. The Hall–Kier alpha value is -1.31. The van der Waals surface area contributed by atoms with E-state index in [1.807, 2.05) is 37.3 Å². The first-order valence-corrected chi connectivity index (χ1v) is 7.05. The minimum absolute atomic E-state index is 0.0215. The van der Waals surface area contributed by atoms with E-state index in [2.05, 4.69) is 11.8 Å². The molecule has 2 unspecified atom stereocenters. The van der Waals surface area contributed by atoms with Gasteiger partial charge in [0, 0.05) is 12.6 Å². The van der Waals surface area contributed by atoms with Crippen molar-refractivity contribution in [2.75, 3.05) is 6.54 Å². The number of hydrogen-bond acceptors (Lipinski definition) is 1. The maximum atomic E-state index is 12.6. The fourth-order valence-corrected chi connectivity index (χ4v) is 2.74. The molecule has 2 nitrogen and oxygen atoms in total. The van der Waals surface area contributed by atoms with E-state index < -0.39 is 0 Å². The monoisotopic (exact) mass is 245 g/mol. The first-order valence-electron chi connectivity index (χ1n) is 7.05. The number of benzene rings is 1. The second kappa shape index (κ2) is 6.03. The standard InChI is InChI=1S/C16H23NO/c1-13-9-5-4-8-12-17(13)16(18)14(2)15-10-6-3-7-11-15/h3,6-7,10-11,13-14H,4-5,8-9,12H2,1-2H3. The van der Waals surface area contributed by atoms with Crippen LogP contribution < -0.4 is 0 Å². The zero-order valence-corrected chi connectivity index (χ0v) is 11.4. The number of carbonyl (C=O) groups excluding carboxylic acids is 1. The van der Waals surface area contributed by atoms with Crippen molar-refractivity contribution in [3.63, 3.8) is 0 Å². The molecule has 0 saturated carbocycles. The Morgan fingerprint density at radius 1 is 1.22 bits per heavy atom. The number of likely N-dealkylation sites (tertiary alicyclic amines) is 1. The summed E-state index contributed by atoms with van der Waals surface area (Å²) >= 11 is 0. The predicted molar refractivity (Wildman–Crippen MR) is 74.5 cm³/mol. The van der Waals surface area contributed by atoms with Crippen molar-refractivity contribution in [2.24, 2.45) is 0 Å². The van der Waals surface area contributed by atoms with Crippen molar-refractivity contribution >= 4 is 5.91 Å². The zero-order chi connectivity index (χ0) is 13.0. The molecule has 0 spiro atoms. The van der Waals surface area contributed by atoms with Crippen LogP contribution in [-0.4, -0.2) is 23.4 Å². The quantitative estimate of drug-likeness (QED) is 0.780. The van der Waals surface area contributed by atoms with Gasteiger partial charge in [-0.2, -0.15) is 0 Å². The molecule has 18 heavy (non-hydrogen) atoms. The van der Waals surface area contributed by atoms with Gasteiger partial charge in [0.15, 0.2) is 0 Å². The minimum Gasteiger partial charge on any atom is -0.339 e. The van der Waals surface area contributed by atoms with Crippen LogP contribution in [0.3, 0.4) is 0 Å². The van der Waals surface area contributed by atoms with Crippen molar-refractivity contribution in [1.29, 1.82) is 0 Å². The molecule has 0 radical (unpaired) electrons. The molecule has 2 heteroatoms. The fourth-order valence-electron chi connectivity index (χ4n) is 2.74. The Kier molecular flexibility index (Phi) is 4.40. The number of rotatable bonds is 2. The van der Waals surface area contributed by atoms with Crippen LogP contribution in [0.5, 0.6) is 0 Å². The molecule has 0 N–H and O–H groups in total. The van der Waals surface area contributed by atoms with Crippen LogP contribution in [0.1, 0.15) is 51.0 Å². The van der Waals surface area contributed by atoms with Crippen molar-refractivity contribution in [3.8, 4) is 0 Å². The van der Waals surface area contributed by atoms with E-state index in [1.54, 1.807) is 0 Å². The van der Waals surface area contributed by atoms with Gasteiger partial charge in [0.2, 0.25) is 5.91 Å². The molecule has 1 aliphatic heterocycles. The van der Waals surface area contributed by atoms with Gasteiger partial charge in [0.05, 0.1) is 5.92 Å². The molecule has 1 heterocycles. The van der Waals surface area contributed by atoms with Gasteiger partial charge in [-0.1, -0.05) is 43.2 Å². The normalized spacial score (nSPS) is 22.3. The highest BCUT2D eigenvalue weighted by molar-refractivity contribution is 5.83. The third kappa shape index (κ3) is 2.92. The lowest BCUT2D eigenvalue weighted by molar-refractivity contribution is -0.134. The molecule has 0 aliphatic carbocycles. The molecule has 1 aromatic rings. The van der Waals surface area contributed by atoms with E-state index in [9.17, 15) is 4.79 Å². The average Bonchev–Trinajstić information content (AvgIpc) is 2.63. The highest BCUT2D eigenvalue weighted by Gasteiger charge is 2.26. The number of carbonyl (C=O) groups is 1. The highest BCUT2D eigenvalue weighted by atomic mass is 16.2. The SMILES string of the molecule is CC(C(=O)N1CCCCCC1C)c1ccccc1. The molecule has 0 bridgehead atoms. The molecule has 1 amide bonds. The van der Waals surface area contributed by atoms with Gasteiger partial charge in [-0.05, 0) is 32.3 Å². The Morgan fingerprint density at radius 3 is 2.67 bits per heavy atom. The minimum atomic E-state index is -0.0215. The Bertz CT molecular complexity index is 387. The first-order chi connectivity index (χ1) is 8.70. The van der Waals surface area contributed by atoms with Gasteiger partial charge in [0.25, 0.3) is 0 Å². The van der Waals surface area contributed by atoms with E-state index in [0.29, 0.717) is 6.04 Å². The highest BCUT2D eigenvalue weighted by Crippen LogP contribution is 2.23. The Labute approximate surface area is 110 Å². The third-order valence-corrected chi connectivity index (χ3v) is 4.01. The largest absolute Gasteiger partial charge is 0.339 e. The van der Waals surface area contributed by atoms with Crippen molar-refractivity contribution in [1.82, 2.24) is 4.90 Å². The van der Waals surface area contributed by atoms with Crippen molar-refractivity contribution < 1.29 is 4.79 Å². The van der Waals surface area contributed by atoms with Gasteiger partial charge in [0.1, 0.15) is 0 Å². The summed E-state index contributed by atoms with van der Waals surface area (Å²) < 4.78 is 0. The molecular formula is C16H23NO. The molecule has 0 aromatic heterocycles. The number of nitrogens with zero attached hydrogens (tertiary/aromatic N) is 1. The molecular weight excluding hydrogens is 222 g/mol. The van der Waals surface area contributed by atoms with Gasteiger partial charge < -0.3 is 4.90 Å². The van der Waals surface area contributed by atoms with Crippen LogP contribution in [-0.2, 0) is 4.79 Å². The van der Waals surface area contributed by atoms with E-state index >= 15 is 0 Å². The van der Waals surface area contributed by atoms with E-state index in [-0.39, 0.29) is 11.8 Å². The Balaban J connectivity index is 2.10. The van der Waals surface area contributed by atoms with Crippen molar-refractivity contribution in [2.45, 2.75) is 51.5 Å². The van der Waals surface area contributed by atoms with Gasteiger partial charge >= 0.3 is 0 Å². The number of amides is 1. The predicted octanol–water partition coefficient (Wildman–Crippen LogP) is 3.58. The molecule has 1 saturated heterocycles. The van der Waals surface area contributed by atoms with Crippen LogP contribution >= 0.6 is 0 Å². The molecule has 98 valence electrons. The molecule has 2 rings (SSSR count). The summed E-state index contributed by atoms with van der Waals surface area (Å²) in [4.78, 5) is 14.7. The lowest BCUT2D eigenvalue weighted by atomic mass is 9.99. The van der Waals surface area contributed by atoms with Crippen LogP contribution in [0, 0.1) is 0 Å². The molecule has 1 aliphatic rings. The maximum absolute atomic E-state index is 12.6. The van der Waals surface area contributed by atoms with Gasteiger partial charge in [-0.25, -0.2) is 0 Å². The Morgan fingerprint density at radius 2 is 1.94 bits per heavy atom. The lowest BCUT2D eigenvalue weighted by Crippen LogP contribution is -2.40. The zero-order valence-electron chi connectivity index (χ0n) is 11.4. The van der Waals surface area contributed by atoms with E-state index in [4.69, 9.17) is 0 Å². The van der Waals surface area contributed by atoms with E-state index in [1.165, 1.54) is 12.8 Å².